The monoisotopic (exact) mass is 439 g/mol. The fourth-order valence-corrected chi connectivity index (χ4v) is 3.61. The predicted molar refractivity (Wildman–Crippen MR) is 129 cm³/mol. The normalized spacial score (nSPS) is 11.7. The van der Waals surface area contributed by atoms with Gasteiger partial charge in [-0.2, -0.15) is 0 Å². The Morgan fingerprint density at radius 2 is 1.70 bits per heavy atom. The number of rotatable bonds is 8. The highest BCUT2D eigenvalue weighted by molar-refractivity contribution is 5.98. The number of ether oxygens (including phenoxy) is 1. The molecule has 0 saturated carbocycles. The van der Waals surface area contributed by atoms with Crippen molar-refractivity contribution in [2.24, 2.45) is 5.73 Å². The Hall–Kier alpha value is -4.03. The van der Waals surface area contributed by atoms with Crippen LogP contribution in [0, 0.1) is 0 Å². The number of fused-ring (bicyclic) bond motifs is 1. The van der Waals surface area contributed by atoms with E-state index < -0.39 is 5.92 Å². The van der Waals surface area contributed by atoms with Gasteiger partial charge < -0.3 is 15.8 Å². The van der Waals surface area contributed by atoms with E-state index in [1.54, 1.807) is 12.4 Å². The van der Waals surface area contributed by atoms with E-state index in [4.69, 9.17) is 10.5 Å². The molecule has 166 valence electrons. The molecule has 1 amide bonds. The summed E-state index contributed by atoms with van der Waals surface area (Å²) in [6.45, 7) is 0.353. The molecule has 1 unspecified atom stereocenters. The van der Waals surface area contributed by atoms with Gasteiger partial charge in [0, 0.05) is 30.0 Å². The molecule has 0 fully saturated rings. The molecular formula is C27H25N3O3. The van der Waals surface area contributed by atoms with Crippen LogP contribution in [0.3, 0.4) is 0 Å². The highest BCUT2D eigenvalue weighted by Gasteiger charge is 2.19. The number of amides is 1. The number of aromatic nitrogens is 1. The van der Waals surface area contributed by atoms with Crippen molar-refractivity contribution >= 4 is 28.3 Å². The number of carbonyl (C=O) groups excluding carboxylic acids is 2. The van der Waals surface area contributed by atoms with Crippen LogP contribution in [0.1, 0.15) is 22.6 Å². The van der Waals surface area contributed by atoms with Crippen LogP contribution in [0.15, 0.2) is 91.3 Å². The third kappa shape index (κ3) is 5.81. The zero-order chi connectivity index (χ0) is 23.0. The quantitative estimate of drug-likeness (QED) is 0.401. The molecule has 4 rings (SSSR count). The molecule has 3 aromatic carbocycles. The molecule has 1 atom stereocenters. The zero-order valence-corrected chi connectivity index (χ0v) is 18.1. The number of nitrogens with two attached hydrogens (primary N) is 1. The Morgan fingerprint density at radius 3 is 2.45 bits per heavy atom. The first-order chi connectivity index (χ1) is 16.1. The summed E-state index contributed by atoms with van der Waals surface area (Å²) in [5.41, 5.74) is 9.19. The second kappa shape index (κ2) is 10.5. The lowest BCUT2D eigenvalue weighted by Gasteiger charge is -2.16. The second-order valence-corrected chi connectivity index (χ2v) is 7.78. The van der Waals surface area contributed by atoms with Gasteiger partial charge in [0.05, 0.1) is 12.3 Å². The third-order valence-corrected chi connectivity index (χ3v) is 5.43. The zero-order valence-electron chi connectivity index (χ0n) is 18.1. The first kappa shape index (κ1) is 22.2. The minimum absolute atomic E-state index is 0.173. The third-order valence-electron chi connectivity index (χ3n) is 5.43. The van der Waals surface area contributed by atoms with E-state index in [1.807, 2.05) is 78.9 Å². The number of hydrogen-bond acceptors (Lipinski definition) is 5. The number of benzene rings is 3. The van der Waals surface area contributed by atoms with Gasteiger partial charge in [-0.25, -0.2) is 0 Å². The van der Waals surface area contributed by atoms with Gasteiger partial charge in [-0.15, -0.1) is 0 Å². The van der Waals surface area contributed by atoms with Crippen LogP contribution in [0.5, 0.6) is 0 Å². The molecule has 33 heavy (non-hydrogen) atoms. The number of nitrogens with zero attached hydrogens (tertiary/aromatic N) is 1. The molecule has 3 N–H and O–H groups in total. The maximum Gasteiger partial charge on any atom is 0.310 e. The first-order valence-corrected chi connectivity index (χ1v) is 10.8. The molecule has 1 aromatic heterocycles. The average Bonchev–Trinajstić information content (AvgIpc) is 2.84. The van der Waals surface area contributed by atoms with Gasteiger partial charge in [0.2, 0.25) is 5.91 Å². The van der Waals surface area contributed by atoms with Crippen LogP contribution < -0.4 is 11.1 Å². The number of hydrogen-bond donors (Lipinski definition) is 2. The predicted octanol–water partition coefficient (Wildman–Crippen LogP) is 4.20. The van der Waals surface area contributed by atoms with Gasteiger partial charge in [0.15, 0.2) is 0 Å². The van der Waals surface area contributed by atoms with Crippen molar-refractivity contribution < 1.29 is 14.3 Å². The minimum Gasteiger partial charge on any atom is -0.461 e. The van der Waals surface area contributed by atoms with Gasteiger partial charge in [-0.05, 0) is 40.3 Å². The van der Waals surface area contributed by atoms with E-state index in [2.05, 4.69) is 10.3 Å². The molecular weight excluding hydrogens is 414 g/mol. The van der Waals surface area contributed by atoms with Crippen LogP contribution >= 0.6 is 0 Å². The standard InChI is InChI=1S/C27H25N3O3/c28-16-25(27(32)30-24-11-10-23-17-29-13-12-22(23)15-24)21-8-6-20(7-9-21)18-33-26(31)14-19-4-2-1-3-5-19/h1-13,15,17,25H,14,16,18,28H2,(H,30,32). The van der Waals surface area contributed by atoms with E-state index >= 15 is 0 Å². The summed E-state index contributed by atoms with van der Waals surface area (Å²) in [6.07, 6.45) is 3.74. The fraction of sp³-hybridized carbons (Fsp3) is 0.148. The fourth-order valence-electron chi connectivity index (χ4n) is 3.61. The van der Waals surface area contributed by atoms with Crippen molar-refractivity contribution in [3.8, 4) is 0 Å². The van der Waals surface area contributed by atoms with Crippen LogP contribution in [0.4, 0.5) is 5.69 Å². The number of nitrogens with one attached hydrogen (secondary N) is 1. The van der Waals surface area contributed by atoms with E-state index in [9.17, 15) is 9.59 Å². The number of anilines is 1. The summed E-state index contributed by atoms with van der Waals surface area (Å²) in [6, 6.07) is 24.5. The Kier molecular flexibility index (Phi) is 7.07. The van der Waals surface area contributed by atoms with Crippen molar-refractivity contribution in [3.05, 3.63) is 108 Å². The maximum absolute atomic E-state index is 12.9. The molecule has 0 bridgehead atoms. The van der Waals surface area contributed by atoms with Crippen LogP contribution in [0.2, 0.25) is 0 Å². The van der Waals surface area contributed by atoms with Crippen LogP contribution in [0.25, 0.3) is 10.8 Å². The van der Waals surface area contributed by atoms with E-state index in [0.717, 1.165) is 27.5 Å². The van der Waals surface area contributed by atoms with E-state index in [1.165, 1.54) is 0 Å². The molecule has 0 aliphatic rings. The number of carbonyl (C=O) groups is 2. The van der Waals surface area contributed by atoms with Crippen LogP contribution in [-0.2, 0) is 27.4 Å². The summed E-state index contributed by atoms with van der Waals surface area (Å²) in [5.74, 6) is -0.948. The Labute approximate surface area is 192 Å². The van der Waals surface area contributed by atoms with Gasteiger partial charge in [0.25, 0.3) is 0 Å². The Bertz CT molecular complexity index is 1240. The van der Waals surface area contributed by atoms with Crippen molar-refractivity contribution in [2.75, 3.05) is 11.9 Å². The number of pyridine rings is 1. The summed E-state index contributed by atoms with van der Waals surface area (Å²) in [7, 11) is 0. The molecule has 0 saturated heterocycles. The van der Waals surface area contributed by atoms with Crippen LogP contribution in [-0.4, -0.2) is 23.4 Å². The summed E-state index contributed by atoms with van der Waals surface area (Å²) in [4.78, 5) is 29.0. The Balaban J connectivity index is 1.35. The SMILES string of the molecule is NCC(C(=O)Nc1ccc2cnccc2c1)c1ccc(COC(=O)Cc2ccccc2)cc1. The van der Waals surface area contributed by atoms with Gasteiger partial charge in [-0.1, -0.05) is 60.7 Å². The highest BCUT2D eigenvalue weighted by atomic mass is 16.5. The first-order valence-electron chi connectivity index (χ1n) is 10.8. The lowest BCUT2D eigenvalue weighted by Crippen LogP contribution is -2.27. The molecule has 0 spiro atoms. The molecule has 1 heterocycles. The minimum atomic E-state index is -0.493. The highest BCUT2D eigenvalue weighted by Crippen LogP contribution is 2.22. The molecule has 6 heteroatoms. The lowest BCUT2D eigenvalue weighted by molar-refractivity contribution is -0.144. The molecule has 0 aliphatic carbocycles. The largest absolute Gasteiger partial charge is 0.461 e. The summed E-state index contributed by atoms with van der Waals surface area (Å²) in [5, 5.41) is 4.96. The lowest BCUT2D eigenvalue weighted by atomic mass is 9.97. The molecule has 0 aliphatic heterocycles. The van der Waals surface area contributed by atoms with Gasteiger partial charge in [-0.3, -0.25) is 14.6 Å². The van der Waals surface area contributed by atoms with Gasteiger partial charge in [0.1, 0.15) is 6.61 Å². The number of esters is 1. The van der Waals surface area contributed by atoms with Crippen molar-refractivity contribution in [3.63, 3.8) is 0 Å². The molecule has 0 radical (unpaired) electrons. The molecule has 6 nitrogen and oxygen atoms in total. The summed E-state index contributed by atoms with van der Waals surface area (Å²) >= 11 is 0. The van der Waals surface area contributed by atoms with E-state index in [0.29, 0.717) is 5.69 Å². The Morgan fingerprint density at radius 1 is 0.909 bits per heavy atom. The topological polar surface area (TPSA) is 94.3 Å². The van der Waals surface area contributed by atoms with E-state index in [-0.39, 0.29) is 31.4 Å². The second-order valence-electron chi connectivity index (χ2n) is 7.78. The van der Waals surface area contributed by atoms with Crippen molar-refractivity contribution in [1.29, 1.82) is 0 Å². The maximum atomic E-state index is 12.9. The smallest absolute Gasteiger partial charge is 0.310 e. The van der Waals surface area contributed by atoms with Crippen molar-refractivity contribution in [1.82, 2.24) is 4.98 Å². The van der Waals surface area contributed by atoms with Crippen molar-refractivity contribution in [2.45, 2.75) is 18.9 Å². The van der Waals surface area contributed by atoms with Gasteiger partial charge >= 0.3 is 5.97 Å². The summed E-state index contributed by atoms with van der Waals surface area (Å²) < 4.78 is 5.37. The average molecular weight is 440 g/mol. The molecule has 4 aromatic rings.